The highest BCUT2D eigenvalue weighted by Crippen LogP contribution is 2.18. The first-order valence-corrected chi connectivity index (χ1v) is 6.73. The van der Waals surface area contributed by atoms with Crippen molar-refractivity contribution in [2.24, 2.45) is 0 Å². The van der Waals surface area contributed by atoms with Gasteiger partial charge in [-0.2, -0.15) is 0 Å². The first kappa shape index (κ1) is 14.3. The highest BCUT2D eigenvalue weighted by Gasteiger charge is 2.22. The van der Waals surface area contributed by atoms with Crippen LogP contribution in [0.3, 0.4) is 0 Å². The van der Waals surface area contributed by atoms with Gasteiger partial charge in [-0.1, -0.05) is 37.3 Å². The summed E-state index contributed by atoms with van der Waals surface area (Å²) < 4.78 is 5.32. The van der Waals surface area contributed by atoms with E-state index in [2.05, 4.69) is 4.90 Å². The van der Waals surface area contributed by atoms with Crippen LogP contribution in [-0.2, 0) is 11.3 Å². The van der Waals surface area contributed by atoms with Gasteiger partial charge in [0.2, 0.25) is 0 Å². The van der Waals surface area contributed by atoms with E-state index in [0.29, 0.717) is 13.1 Å². The van der Waals surface area contributed by atoms with Crippen LogP contribution in [0.5, 0.6) is 0 Å². The van der Waals surface area contributed by atoms with Crippen molar-refractivity contribution >= 4 is 5.97 Å². The molecule has 0 fully saturated rings. The lowest BCUT2D eigenvalue weighted by Crippen LogP contribution is -2.31. The molecule has 0 aliphatic rings. The molecular formula is C16H19NO3. The molecule has 1 heterocycles. The van der Waals surface area contributed by atoms with Crippen LogP contribution in [0.4, 0.5) is 0 Å². The Morgan fingerprint density at radius 3 is 2.55 bits per heavy atom. The molecule has 2 aromatic rings. The Balaban J connectivity index is 2.08. The average molecular weight is 273 g/mol. The van der Waals surface area contributed by atoms with Gasteiger partial charge in [-0.15, -0.1) is 0 Å². The van der Waals surface area contributed by atoms with E-state index in [9.17, 15) is 9.90 Å². The molecule has 1 N–H and O–H groups in total. The summed E-state index contributed by atoms with van der Waals surface area (Å²) >= 11 is 0. The van der Waals surface area contributed by atoms with Crippen LogP contribution >= 0.6 is 0 Å². The monoisotopic (exact) mass is 273 g/mol. The molecule has 0 spiro atoms. The number of hydrogen-bond acceptors (Lipinski definition) is 3. The number of aliphatic carboxylic acids is 1. The third-order valence-corrected chi connectivity index (χ3v) is 3.35. The van der Waals surface area contributed by atoms with Gasteiger partial charge < -0.3 is 9.52 Å². The SMILES string of the molecule is CCN(Cc1ccco1)CC(C(=O)O)c1ccccc1. The van der Waals surface area contributed by atoms with Crippen LogP contribution in [0.2, 0.25) is 0 Å². The van der Waals surface area contributed by atoms with Crippen LogP contribution in [0.15, 0.2) is 53.1 Å². The molecule has 0 bridgehead atoms. The van der Waals surface area contributed by atoms with E-state index in [4.69, 9.17) is 4.42 Å². The van der Waals surface area contributed by atoms with E-state index in [1.807, 2.05) is 49.4 Å². The molecule has 20 heavy (non-hydrogen) atoms. The van der Waals surface area contributed by atoms with Gasteiger partial charge >= 0.3 is 5.97 Å². The number of carboxylic acids is 1. The van der Waals surface area contributed by atoms with Crippen molar-refractivity contribution in [1.29, 1.82) is 0 Å². The van der Waals surface area contributed by atoms with Gasteiger partial charge in [0.25, 0.3) is 0 Å². The molecule has 1 unspecified atom stereocenters. The maximum absolute atomic E-state index is 11.5. The van der Waals surface area contributed by atoms with Gasteiger partial charge in [0, 0.05) is 6.54 Å². The van der Waals surface area contributed by atoms with Crippen molar-refractivity contribution in [2.75, 3.05) is 13.1 Å². The Kier molecular flexibility index (Phi) is 4.96. The van der Waals surface area contributed by atoms with E-state index in [1.165, 1.54) is 0 Å². The number of rotatable bonds is 7. The highest BCUT2D eigenvalue weighted by atomic mass is 16.4. The molecule has 0 saturated heterocycles. The maximum atomic E-state index is 11.5. The Morgan fingerprint density at radius 1 is 1.25 bits per heavy atom. The Bertz CT molecular complexity index is 522. The van der Waals surface area contributed by atoms with Crippen molar-refractivity contribution in [2.45, 2.75) is 19.4 Å². The minimum atomic E-state index is -0.797. The number of nitrogens with zero attached hydrogens (tertiary/aromatic N) is 1. The van der Waals surface area contributed by atoms with Crippen LogP contribution in [-0.4, -0.2) is 29.1 Å². The van der Waals surface area contributed by atoms with Crippen molar-refractivity contribution in [3.05, 3.63) is 60.1 Å². The van der Waals surface area contributed by atoms with Crippen LogP contribution in [0, 0.1) is 0 Å². The molecule has 0 radical (unpaired) electrons. The van der Waals surface area contributed by atoms with Crippen LogP contribution in [0.25, 0.3) is 0 Å². The zero-order valence-electron chi connectivity index (χ0n) is 11.5. The Labute approximate surface area is 118 Å². The summed E-state index contributed by atoms with van der Waals surface area (Å²) in [6, 6.07) is 13.1. The first-order chi connectivity index (χ1) is 9.70. The van der Waals surface area contributed by atoms with Crippen molar-refractivity contribution in [3.8, 4) is 0 Å². The highest BCUT2D eigenvalue weighted by molar-refractivity contribution is 5.76. The van der Waals surface area contributed by atoms with Crippen LogP contribution in [0.1, 0.15) is 24.2 Å². The number of carboxylic acid groups (broad SMARTS) is 1. The lowest BCUT2D eigenvalue weighted by Gasteiger charge is -2.23. The van der Waals surface area contributed by atoms with Gasteiger partial charge in [0.15, 0.2) is 0 Å². The predicted octanol–water partition coefficient (Wildman–Crippen LogP) is 2.97. The lowest BCUT2D eigenvalue weighted by molar-refractivity contribution is -0.139. The summed E-state index contributed by atoms with van der Waals surface area (Å²) in [4.78, 5) is 13.6. The normalized spacial score (nSPS) is 12.5. The maximum Gasteiger partial charge on any atom is 0.312 e. The lowest BCUT2D eigenvalue weighted by atomic mass is 9.98. The summed E-state index contributed by atoms with van der Waals surface area (Å²) in [6.45, 7) is 3.89. The fourth-order valence-corrected chi connectivity index (χ4v) is 2.20. The second-order valence-electron chi connectivity index (χ2n) is 4.71. The van der Waals surface area contributed by atoms with Gasteiger partial charge in [-0.3, -0.25) is 9.69 Å². The van der Waals surface area contributed by atoms with Crippen molar-refractivity contribution < 1.29 is 14.3 Å². The van der Waals surface area contributed by atoms with E-state index in [1.54, 1.807) is 6.26 Å². The predicted molar refractivity (Wildman–Crippen MR) is 76.5 cm³/mol. The molecule has 0 aliphatic carbocycles. The molecular weight excluding hydrogens is 254 g/mol. The number of likely N-dealkylation sites (N-methyl/N-ethyl adjacent to an activating group) is 1. The minimum absolute atomic E-state index is 0.469. The van der Waals surface area contributed by atoms with Crippen LogP contribution < -0.4 is 0 Å². The standard InChI is InChI=1S/C16H19NO3/c1-2-17(11-14-9-6-10-20-14)12-15(16(18)19)13-7-4-3-5-8-13/h3-10,15H,2,11-12H2,1H3,(H,18,19). The molecule has 1 aromatic heterocycles. The van der Waals surface area contributed by atoms with Gasteiger partial charge in [-0.05, 0) is 24.2 Å². The minimum Gasteiger partial charge on any atom is -0.481 e. The van der Waals surface area contributed by atoms with E-state index in [-0.39, 0.29) is 0 Å². The zero-order chi connectivity index (χ0) is 14.4. The molecule has 4 nitrogen and oxygen atoms in total. The molecule has 1 aromatic carbocycles. The van der Waals surface area contributed by atoms with Gasteiger partial charge in [0.05, 0.1) is 18.7 Å². The van der Waals surface area contributed by atoms with E-state index in [0.717, 1.165) is 17.9 Å². The zero-order valence-corrected chi connectivity index (χ0v) is 11.5. The summed E-state index contributed by atoms with van der Waals surface area (Å²) in [5.41, 5.74) is 0.831. The smallest absolute Gasteiger partial charge is 0.312 e. The fraction of sp³-hybridized carbons (Fsp3) is 0.312. The summed E-state index contributed by atoms with van der Waals surface area (Å²) in [5, 5.41) is 9.45. The third kappa shape index (κ3) is 3.71. The molecule has 1 atom stereocenters. The quantitative estimate of drug-likeness (QED) is 0.842. The molecule has 0 aliphatic heterocycles. The van der Waals surface area contributed by atoms with Crippen molar-refractivity contribution in [3.63, 3.8) is 0 Å². The molecule has 0 saturated carbocycles. The molecule has 2 rings (SSSR count). The largest absolute Gasteiger partial charge is 0.481 e. The number of carbonyl (C=O) groups is 1. The van der Waals surface area contributed by atoms with E-state index < -0.39 is 11.9 Å². The topological polar surface area (TPSA) is 53.7 Å². The number of furan rings is 1. The third-order valence-electron chi connectivity index (χ3n) is 3.35. The molecule has 106 valence electrons. The fourth-order valence-electron chi connectivity index (χ4n) is 2.20. The second kappa shape index (κ2) is 6.91. The summed E-state index contributed by atoms with van der Waals surface area (Å²) in [6.07, 6.45) is 1.63. The first-order valence-electron chi connectivity index (χ1n) is 6.73. The van der Waals surface area contributed by atoms with Gasteiger partial charge in [-0.25, -0.2) is 0 Å². The molecule has 0 amide bonds. The Hall–Kier alpha value is -2.07. The number of benzene rings is 1. The van der Waals surface area contributed by atoms with Gasteiger partial charge in [0.1, 0.15) is 5.76 Å². The average Bonchev–Trinajstić information content (AvgIpc) is 2.96. The Morgan fingerprint density at radius 2 is 2.00 bits per heavy atom. The summed E-state index contributed by atoms with van der Waals surface area (Å²) in [5.74, 6) is -0.468. The van der Waals surface area contributed by atoms with E-state index >= 15 is 0 Å². The second-order valence-corrected chi connectivity index (χ2v) is 4.71. The summed E-state index contributed by atoms with van der Waals surface area (Å²) in [7, 11) is 0. The van der Waals surface area contributed by atoms with Crippen molar-refractivity contribution in [1.82, 2.24) is 4.90 Å². The molecule has 4 heteroatoms. The number of hydrogen-bond donors (Lipinski definition) is 1.